The number of rotatable bonds is 11. The van der Waals surface area contributed by atoms with E-state index in [1.807, 2.05) is 12.1 Å². The number of benzene rings is 3. The molecule has 2 aromatic heterocycles. The first-order valence-corrected chi connectivity index (χ1v) is 16.9. The highest BCUT2D eigenvalue weighted by Gasteiger charge is 2.44. The first kappa shape index (κ1) is 35.1. The lowest BCUT2D eigenvalue weighted by Crippen LogP contribution is -2.54. The summed E-state index contributed by atoms with van der Waals surface area (Å²) in [6.07, 6.45) is 1.59. The number of pyridine rings is 1. The van der Waals surface area contributed by atoms with E-state index >= 15 is 0 Å². The molecule has 1 unspecified atom stereocenters. The number of carbonyl (C=O) groups is 6. The van der Waals surface area contributed by atoms with E-state index in [4.69, 9.17) is 9.40 Å². The van der Waals surface area contributed by atoms with Gasteiger partial charge in [-0.05, 0) is 83.8 Å². The van der Waals surface area contributed by atoms with Crippen molar-refractivity contribution in [2.75, 3.05) is 6.54 Å². The van der Waals surface area contributed by atoms with Gasteiger partial charge in [-0.1, -0.05) is 18.2 Å². The van der Waals surface area contributed by atoms with Gasteiger partial charge in [0.05, 0.1) is 28.0 Å². The van der Waals surface area contributed by atoms with Gasteiger partial charge in [0, 0.05) is 49.2 Å². The van der Waals surface area contributed by atoms with Gasteiger partial charge in [-0.3, -0.25) is 49.1 Å². The summed E-state index contributed by atoms with van der Waals surface area (Å²) in [6.45, 7) is 0.115. The molecule has 54 heavy (non-hydrogen) atoms. The van der Waals surface area contributed by atoms with Gasteiger partial charge >= 0.3 is 0 Å². The van der Waals surface area contributed by atoms with E-state index in [0.717, 1.165) is 16.0 Å². The van der Waals surface area contributed by atoms with E-state index in [1.165, 1.54) is 30.5 Å². The van der Waals surface area contributed by atoms with Crippen molar-refractivity contribution in [1.29, 1.82) is 0 Å². The maximum atomic E-state index is 13.1. The fourth-order valence-corrected chi connectivity index (χ4v) is 6.27. The number of carbonyl (C=O) groups excluding carboxylic acids is 6. The molecule has 0 saturated carbocycles. The van der Waals surface area contributed by atoms with Crippen LogP contribution in [0.15, 0.2) is 102 Å². The molecule has 4 heterocycles. The number of hydrogen-bond acceptors (Lipinski definition) is 10. The summed E-state index contributed by atoms with van der Waals surface area (Å²) >= 11 is 0. The molecule has 6 amide bonds. The third-order valence-electron chi connectivity index (χ3n) is 9.08. The van der Waals surface area contributed by atoms with Crippen molar-refractivity contribution in [2.45, 2.75) is 31.8 Å². The SMILES string of the molecule is O=C(CCNC(=O)c1ccc(-c2cc(-c3ccc([N+](=O)[O-])cc3)nc(-c3ccco3)c2)cc1)NCc1ccc2c(c1)C(=O)N(C1CCC(=O)NC1=O)C2=O. The Bertz CT molecular complexity index is 2340. The summed E-state index contributed by atoms with van der Waals surface area (Å²) in [7, 11) is 0. The Balaban J connectivity index is 0.940. The van der Waals surface area contributed by atoms with Crippen LogP contribution in [0.2, 0.25) is 0 Å². The Hall–Kier alpha value is -7.29. The number of hydrogen-bond donors (Lipinski definition) is 3. The molecule has 1 saturated heterocycles. The molecular formula is C39H30N6O9. The van der Waals surface area contributed by atoms with Crippen LogP contribution in [0.3, 0.4) is 0 Å². The molecule has 2 aliphatic heterocycles. The van der Waals surface area contributed by atoms with Gasteiger partial charge in [0.25, 0.3) is 23.4 Å². The summed E-state index contributed by atoms with van der Waals surface area (Å²) in [6, 6.07) is 23.7. The van der Waals surface area contributed by atoms with Crippen molar-refractivity contribution in [2.24, 2.45) is 0 Å². The van der Waals surface area contributed by atoms with Crippen LogP contribution < -0.4 is 16.0 Å². The number of imide groups is 2. The quantitative estimate of drug-likeness (QED) is 0.0991. The summed E-state index contributed by atoms with van der Waals surface area (Å²) < 4.78 is 5.57. The fraction of sp³-hybridized carbons (Fsp3) is 0.154. The number of amides is 6. The molecule has 3 N–H and O–H groups in total. The number of fused-ring (bicyclic) bond motifs is 1. The van der Waals surface area contributed by atoms with Crippen LogP contribution in [0.25, 0.3) is 33.8 Å². The number of non-ortho nitro benzene ring substituents is 1. The highest BCUT2D eigenvalue weighted by Crippen LogP contribution is 2.32. The number of nitrogens with one attached hydrogen (secondary N) is 3. The Morgan fingerprint density at radius 3 is 2.28 bits per heavy atom. The predicted octanol–water partition coefficient (Wildman–Crippen LogP) is 4.42. The molecule has 0 aliphatic carbocycles. The molecule has 15 nitrogen and oxygen atoms in total. The Morgan fingerprint density at radius 1 is 0.852 bits per heavy atom. The van der Waals surface area contributed by atoms with E-state index in [2.05, 4.69) is 16.0 Å². The second-order valence-corrected chi connectivity index (χ2v) is 12.6. The van der Waals surface area contributed by atoms with Gasteiger partial charge in [-0.2, -0.15) is 0 Å². The lowest BCUT2D eigenvalue weighted by Gasteiger charge is -2.27. The largest absolute Gasteiger partial charge is 0.463 e. The Kier molecular flexibility index (Phi) is 9.59. The predicted molar refractivity (Wildman–Crippen MR) is 191 cm³/mol. The highest BCUT2D eigenvalue weighted by molar-refractivity contribution is 6.23. The minimum atomic E-state index is -1.07. The normalized spacial score (nSPS) is 15.1. The maximum absolute atomic E-state index is 13.1. The van der Waals surface area contributed by atoms with Crippen molar-refractivity contribution in [3.63, 3.8) is 0 Å². The monoisotopic (exact) mass is 726 g/mol. The molecule has 15 heteroatoms. The van der Waals surface area contributed by atoms with E-state index in [1.54, 1.807) is 54.6 Å². The summed E-state index contributed by atoms with van der Waals surface area (Å²) in [4.78, 5) is 91.6. The maximum Gasteiger partial charge on any atom is 0.269 e. The number of furan rings is 1. The second-order valence-electron chi connectivity index (χ2n) is 12.6. The minimum absolute atomic E-state index is 0.0184. The zero-order valence-electron chi connectivity index (χ0n) is 28.4. The average Bonchev–Trinajstić information content (AvgIpc) is 3.81. The topological polar surface area (TPSA) is 211 Å². The van der Waals surface area contributed by atoms with Crippen molar-refractivity contribution in [1.82, 2.24) is 25.8 Å². The molecule has 0 bridgehead atoms. The van der Waals surface area contributed by atoms with Gasteiger partial charge < -0.3 is 15.1 Å². The van der Waals surface area contributed by atoms with E-state index < -0.39 is 34.6 Å². The van der Waals surface area contributed by atoms with Crippen molar-refractivity contribution >= 4 is 41.1 Å². The van der Waals surface area contributed by atoms with Crippen molar-refractivity contribution < 1.29 is 38.1 Å². The number of nitro groups is 1. The summed E-state index contributed by atoms with van der Waals surface area (Å²) in [5.74, 6) is -2.60. The molecule has 270 valence electrons. The lowest BCUT2D eigenvalue weighted by molar-refractivity contribution is -0.384. The molecule has 2 aliphatic rings. The first-order valence-electron chi connectivity index (χ1n) is 16.9. The van der Waals surface area contributed by atoms with E-state index in [0.29, 0.717) is 33.8 Å². The standard InChI is InChI=1S/C39H30N6O9/c46-34(41-21-22-3-12-28-29(18-22)39(51)44(38(28)50)32-13-14-35(47)43-37(32)49)15-16-40-36(48)25-6-4-23(5-7-25)26-19-30(24-8-10-27(11-9-24)45(52)53)42-31(20-26)33-2-1-17-54-33/h1-12,17-20,32H,13-16,21H2,(H,40,48)(H,41,46)(H,43,47,49). The number of piperidine rings is 1. The van der Waals surface area contributed by atoms with Gasteiger partial charge in [0.1, 0.15) is 11.7 Å². The Labute approximate surface area is 306 Å². The van der Waals surface area contributed by atoms with E-state index in [-0.39, 0.29) is 61.0 Å². The zero-order chi connectivity index (χ0) is 37.9. The summed E-state index contributed by atoms with van der Waals surface area (Å²) in [5.41, 5.74) is 4.52. The zero-order valence-corrected chi connectivity index (χ0v) is 28.4. The lowest BCUT2D eigenvalue weighted by atomic mass is 10.00. The average molecular weight is 727 g/mol. The van der Waals surface area contributed by atoms with Crippen molar-refractivity contribution in [3.05, 3.63) is 130 Å². The van der Waals surface area contributed by atoms with Crippen LogP contribution in [0.4, 0.5) is 5.69 Å². The molecule has 0 spiro atoms. The minimum Gasteiger partial charge on any atom is -0.463 e. The third-order valence-corrected chi connectivity index (χ3v) is 9.08. The van der Waals surface area contributed by atoms with Crippen molar-refractivity contribution in [3.8, 4) is 33.8 Å². The molecule has 7 rings (SSSR count). The van der Waals surface area contributed by atoms with Crippen LogP contribution >= 0.6 is 0 Å². The van der Waals surface area contributed by atoms with Crippen LogP contribution in [0.1, 0.15) is 55.9 Å². The highest BCUT2D eigenvalue weighted by atomic mass is 16.6. The molecule has 1 atom stereocenters. The molecule has 0 radical (unpaired) electrons. The van der Waals surface area contributed by atoms with Crippen LogP contribution in [-0.4, -0.2) is 62.8 Å². The third kappa shape index (κ3) is 7.23. The number of nitro benzene ring substituents is 1. The molecule has 1 fully saturated rings. The van der Waals surface area contributed by atoms with Gasteiger partial charge in [0.2, 0.25) is 17.7 Å². The van der Waals surface area contributed by atoms with E-state index in [9.17, 15) is 38.9 Å². The van der Waals surface area contributed by atoms with Gasteiger partial charge in [0.15, 0.2) is 5.76 Å². The van der Waals surface area contributed by atoms with Gasteiger partial charge in [-0.25, -0.2) is 4.98 Å². The van der Waals surface area contributed by atoms with Gasteiger partial charge in [-0.15, -0.1) is 0 Å². The molecular weight excluding hydrogens is 696 g/mol. The summed E-state index contributed by atoms with van der Waals surface area (Å²) in [5, 5.41) is 18.8. The second kappa shape index (κ2) is 14.7. The molecule has 5 aromatic rings. The smallest absolute Gasteiger partial charge is 0.269 e. The Morgan fingerprint density at radius 2 is 1.57 bits per heavy atom. The van der Waals surface area contributed by atoms with Crippen LogP contribution in [0.5, 0.6) is 0 Å². The first-order chi connectivity index (χ1) is 26.0. The van der Waals surface area contributed by atoms with Crippen LogP contribution in [0, 0.1) is 10.1 Å². The number of nitrogens with zero attached hydrogens (tertiary/aromatic N) is 3. The fourth-order valence-electron chi connectivity index (χ4n) is 6.27. The van der Waals surface area contributed by atoms with Crippen LogP contribution in [-0.2, 0) is 20.9 Å². The molecule has 3 aromatic carbocycles. The number of aromatic nitrogens is 1.